The summed E-state index contributed by atoms with van der Waals surface area (Å²) in [6.45, 7) is 12.4. The van der Waals surface area contributed by atoms with E-state index in [1.165, 1.54) is 26.2 Å². The van der Waals surface area contributed by atoms with Crippen LogP contribution >= 0.6 is 11.6 Å². The van der Waals surface area contributed by atoms with Crippen LogP contribution in [-0.4, -0.2) is 36.7 Å². The maximum Gasteiger partial charge on any atom is 0.420 e. The highest BCUT2D eigenvalue weighted by molar-refractivity contribution is 6.30. The normalized spacial score (nSPS) is 13.9. The molecule has 0 saturated carbocycles. The maximum atomic E-state index is 13.7. The second kappa shape index (κ2) is 12.8. The summed E-state index contributed by atoms with van der Waals surface area (Å²) in [4.78, 5) is 0. The Balaban J connectivity index is 6.16. The van der Waals surface area contributed by atoms with Gasteiger partial charge in [0, 0.05) is 30.9 Å². The molecule has 0 aromatic heterocycles. The van der Waals surface area contributed by atoms with Gasteiger partial charge < -0.3 is 25.0 Å². The van der Waals surface area contributed by atoms with Gasteiger partial charge in [0.15, 0.2) is 11.5 Å². The summed E-state index contributed by atoms with van der Waals surface area (Å²) in [5.74, 6) is -1.55. The van der Waals surface area contributed by atoms with Gasteiger partial charge in [-0.15, -0.1) is 0 Å². The van der Waals surface area contributed by atoms with E-state index in [9.17, 15) is 18.3 Å². The lowest BCUT2D eigenvalue weighted by molar-refractivity contribution is -0.0931. The highest BCUT2D eigenvalue weighted by Gasteiger charge is 2.38. The number of nitrogens with one attached hydrogen (secondary N) is 1. The predicted molar refractivity (Wildman–Crippen MR) is 108 cm³/mol. The van der Waals surface area contributed by atoms with Crippen LogP contribution in [0.2, 0.25) is 0 Å². The molecule has 0 unspecified atom stereocenters. The molecule has 0 aliphatic carbocycles. The van der Waals surface area contributed by atoms with Gasteiger partial charge in [-0.05, 0) is 31.6 Å². The Morgan fingerprint density at radius 2 is 1.83 bits per heavy atom. The van der Waals surface area contributed by atoms with Gasteiger partial charge in [0.2, 0.25) is 0 Å². The van der Waals surface area contributed by atoms with Crippen LogP contribution in [0.15, 0.2) is 83.4 Å². The number of allylic oxidation sites excluding steroid dienone is 6. The van der Waals surface area contributed by atoms with Crippen LogP contribution < -0.4 is 5.32 Å². The van der Waals surface area contributed by atoms with E-state index >= 15 is 0 Å². The molecule has 9 heteroatoms. The number of hydrogen-bond donors (Lipinski definition) is 3. The van der Waals surface area contributed by atoms with Gasteiger partial charge in [-0.3, -0.25) is 0 Å². The van der Waals surface area contributed by atoms with Crippen molar-refractivity contribution in [1.82, 2.24) is 5.32 Å². The van der Waals surface area contributed by atoms with Crippen molar-refractivity contribution in [2.75, 3.05) is 20.3 Å². The van der Waals surface area contributed by atoms with E-state index in [1.807, 2.05) is 0 Å². The molecule has 0 radical (unpaired) electrons. The highest BCUT2D eigenvalue weighted by Crippen LogP contribution is 2.35. The molecule has 0 heterocycles. The fourth-order valence-corrected chi connectivity index (χ4v) is 1.92. The van der Waals surface area contributed by atoms with Crippen LogP contribution in [-0.2, 0) is 9.47 Å². The van der Waals surface area contributed by atoms with Gasteiger partial charge in [0.25, 0.3) is 0 Å². The molecule has 0 rings (SSSR count). The zero-order valence-corrected chi connectivity index (χ0v) is 17.0. The minimum atomic E-state index is -4.87. The average molecular weight is 436 g/mol. The molecular formula is C20H25ClF3NO4. The molecule has 0 aliphatic rings. The second-order valence-corrected chi connectivity index (χ2v) is 6.16. The van der Waals surface area contributed by atoms with Gasteiger partial charge in [-0.25, -0.2) is 0 Å². The van der Waals surface area contributed by atoms with Crippen LogP contribution in [0.3, 0.4) is 0 Å². The van der Waals surface area contributed by atoms with E-state index in [0.29, 0.717) is 25.6 Å². The first kappa shape index (κ1) is 26.4. The molecule has 0 spiro atoms. The first-order valence-electron chi connectivity index (χ1n) is 8.28. The first-order valence-corrected chi connectivity index (χ1v) is 8.66. The molecule has 3 N–H and O–H groups in total. The molecule has 5 nitrogen and oxygen atoms in total. The zero-order chi connectivity index (χ0) is 22.6. The fraction of sp³-hybridized carbons (Fsp3) is 0.300. The second-order valence-electron chi connectivity index (χ2n) is 5.67. The van der Waals surface area contributed by atoms with Gasteiger partial charge in [-0.2, -0.15) is 13.2 Å². The molecule has 0 fully saturated rings. The molecule has 29 heavy (non-hydrogen) atoms. The van der Waals surface area contributed by atoms with E-state index in [1.54, 1.807) is 0 Å². The van der Waals surface area contributed by atoms with Crippen molar-refractivity contribution in [3.05, 3.63) is 83.4 Å². The molecule has 162 valence electrons. The number of alkyl halides is 3. The predicted octanol–water partition coefficient (Wildman–Crippen LogP) is 5.69. The van der Waals surface area contributed by atoms with Crippen LogP contribution in [0, 0.1) is 0 Å². The van der Waals surface area contributed by atoms with Gasteiger partial charge >= 0.3 is 6.18 Å². The van der Waals surface area contributed by atoms with Crippen LogP contribution in [0.4, 0.5) is 13.2 Å². The maximum absolute atomic E-state index is 13.7. The lowest BCUT2D eigenvalue weighted by atomic mass is 10.1. The van der Waals surface area contributed by atoms with Gasteiger partial charge in [0.05, 0.1) is 5.70 Å². The van der Waals surface area contributed by atoms with Crippen LogP contribution in [0.1, 0.15) is 13.3 Å². The monoisotopic (exact) mass is 435 g/mol. The SMILES string of the molecule is C=C(Cl)/C=C\C(=C)OC(=C(/C)NCCCOC)/C(=C\C(=C)/C(O)=C/O)C(F)(F)F. The van der Waals surface area contributed by atoms with Crippen LogP contribution in [0.5, 0.6) is 0 Å². The third-order valence-corrected chi connectivity index (χ3v) is 3.39. The minimum absolute atomic E-state index is 0.0594. The molecule has 0 aromatic rings. The number of aliphatic hydroxyl groups is 2. The summed E-state index contributed by atoms with van der Waals surface area (Å²) in [7, 11) is 1.51. The van der Waals surface area contributed by atoms with Crippen molar-refractivity contribution < 1.29 is 32.9 Å². The van der Waals surface area contributed by atoms with E-state index in [2.05, 4.69) is 25.1 Å². The Labute approximate surface area is 173 Å². The van der Waals surface area contributed by atoms with Gasteiger partial charge in [-0.1, -0.05) is 31.3 Å². The van der Waals surface area contributed by atoms with Crippen molar-refractivity contribution in [2.45, 2.75) is 19.5 Å². The average Bonchev–Trinajstić information content (AvgIpc) is 2.64. The van der Waals surface area contributed by atoms with E-state index in [0.717, 1.165) is 0 Å². The Kier molecular flexibility index (Phi) is 11.7. The third-order valence-electron chi connectivity index (χ3n) is 3.26. The quantitative estimate of drug-likeness (QED) is 0.209. The molecule has 0 bridgehead atoms. The minimum Gasteiger partial charge on any atom is -0.512 e. The largest absolute Gasteiger partial charge is 0.512 e. The molecule has 0 saturated heterocycles. The lowest BCUT2D eigenvalue weighted by Gasteiger charge is -2.20. The highest BCUT2D eigenvalue weighted by atomic mass is 35.5. The molecule has 0 aliphatic heterocycles. The summed E-state index contributed by atoms with van der Waals surface area (Å²) in [6, 6.07) is 0. The fourth-order valence-electron chi connectivity index (χ4n) is 1.86. The summed E-state index contributed by atoms with van der Waals surface area (Å²) < 4.78 is 51.5. The van der Waals surface area contributed by atoms with E-state index < -0.39 is 28.8 Å². The molecule has 0 aromatic carbocycles. The zero-order valence-electron chi connectivity index (χ0n) is 16.3. The van der Waals surface area contributed by atoms with Crippen molar-refractivity contribution in [2.24, 2.45) is 0 Å². The first-order chi connectivity index (χ1) is 13.4. The van der Waals surface area contributed by atoms with Gasteiger partial charge in [0.1, 0.15) is 17.6 Å². The third kappa shape index (κ3) is 10.5. The molecule has 0 amide bonds. The standard InChI is InChI=1S/C20H25ClF3NO4/c1-13(18(27)12-26)11-17(20(22,23)24)19(16(4)25-9-6-10-28-5)29-15(3)8-7-14(2)21/h7-8,11-12,25-27H,1-3,6,9-10H2,4-5H3/b8-7-,17-11+,18-12-,19-16-. The Morgan fingerprint density at radius 1 is 1.21 bits per heavy atom. The van der Waals surface area contributed by atoms with E-state index in [4.69, 9.17) is 26.2 Å². The number of hydrogen-bond acceptors (Lipinski definition) is 5. The lowest BCUT2D eigenvalue weighted by Crippen LogP contribution is -2.22. The number of methoxy groups -OCH3 is 1. The van der Waals surface area contributed by atoms with Crippen molar-refractivity contribution in [3.8, 4) is 0 Å². The Bertz CT molecular complexity index is 734. The smallest absolute Gasteiger partial charge is 0.420 e. The summed E-state index contributed by atoms with van der Waals surface area (Å²) in [5.41, 5.74) is -1.65. The topological polar surface area (TPSA) is 71.0 Å². The Morgan fingerprint density at radius 3 is 2.31 bits per heavy atom. The summed E-state index contributed by atoms with van der Waals surface area (Å²) >= 11 is 5.60. The van der Waals surface area contributed by atoms with Crippen molar-refractivity contribution in [1.29, 1.82) is 0 Å². The number of rotatable bonds is 12. The number of ether oxygens (including phenoxy) is 2. The van der Waals surface area contributed by atoms with Crippen LogP contribution in [0.25, 0.3) is 0 Å². The summed E-state index contributed by atoms with van der Waals surface area (Å²) in [6.07, 6.45) is -0.986. The van der Waals surface area contributed by atoms with Crippen molar-refractivity contribution >= 4 is 11.6 Å². The number of aliphatic hydroxyl groups excluding tert-OH is 2. The summed E-state index contributed by atoms with van der Waals surface area (Å²) in [5, 5.41) is 21.2. The Hall–Kier alpha value is -2.58. The van der Waals surface area contributed by atoms with E-state index in [-0.39, 0.29) is 22.8 Å². The van der Waals surface area contributed by atoms with Crippen molar-refractivity contribution in [3.63, 3.8) is 0 Å². The molecular weight excluding hydrogens is 411 g/mol. The molecule has 0 atom stereocenters. The number of halogens is 4.